The van der Waals surface area contributed by atoms with Crippen molar-refractivity contribution >= 4 is 17.6 Å². The van der Waals surface area contributed by atoms with Gasteiger partial charge in [-0.05, 0) is 53.5 Å². The van der Waals surface area contributed by atoms with Gasteiger partial charge in [-0.1, -0.05) is 0 Å². The average molecular weight is 379 g/mol. The second-order valence-corrected chi connectivity index (χ2v) is 7.51. The second-order valence-electron chi connectivity index (χ2n) is 7.51. The summed E-state index contributed by atoms with van der Waals surface area (Å²) in [7, 11) is 1.32. The van der Waals surface area contributed by atoms with E-state index in [0.29, 0.717) is 23.1 Å². The van der Waals surface area contributed by atoms with Crippen LogP contribution in [0.1, 0.15) is 64.7 Å². The smallest absolute Gasteiger partial charge is 0.340 e. The molecule has 28 heavy (non-hydrogen) atoms. The number of nitrogens with one attached hydrogen (secondary N) is 2. The molecule has 1 amide bonds. The number of aromatic amines is 1. The van der Waals surface area contributed by atoms with Crippen molar-refractivity contribution in [3.8, 4) is 6.57 Å². The quantitative estimate of drug-likeness (QED) is 0.723. The normalized spacial score (nSPS) is 16.9. The lowest BCUT2D eigenvalue weighted by molar-refractivity contribution is -0.142. The molecular weight excluding hydrogens is 356 g/mol. The first-order valence-corrected chi connectivity index (χ1v) is 9.55. The molecule has 144 valence electrons. The predicted molar refractivity (Wildman–Crippen MR) is 104 cm³/mol. The lowest BCUT2D eigenvalue weighted by atomic mass is 9.93. The van der Waals surface area contributed by atoms with Gasteiger partial charge in [-0.15, -0.1) is 0 Å². The van der Waals surface area contributed by atoms with Crippen LogP contribution < -0.4 is 5.32 Å². The Hall–Kier alpha value is -3.14. The van der Waals surface area contributed by atoms with Gasteiger partial charge in [-0.25, -0.2) is 9.78 Å². The molecule has 2 N–H and O–H groups in total. The summed E-state index contributed by atoms with van der Waals surface area (Å²) in [5.41, 5.74) is 4.09. The summed E-state index contributed by atoms with van der Waals surface area (Å²) in [6.07, 6.45) is 7.65. The summed E-state index contributed by atoms with van der Waals surface area (Å²) >= 11 is 0. The molecule has 1 atom stereocenters. The van der Waals surface area contributed by atoms with Crippen molar-refractivity contribution in [2.24, 2.45) is 0 Å². The van der Waals surface area contributed by atoms with Gasteiger partial charge in [0.2, 0.25) is 0 Å². The average Bonchev–Trinajstić information content (AvgIpc) is 3.64. The number of methoxy groups -OCH3 is 1. The molecule has 2 aromatic rings. The third-order valence-corrected chi connectivity index (χ3v) is 5.36. The van der Waals surface area contributed by atoms with Gasteiger partial charge >= 0.3 is 11.7 Å². The number of imidazole rings is 1. The van der Waals surface area contributed by atoms with E-state index in [1.165, 1.54) is 13.4 Å². The van der Waals surface area contributed by atoms with Crippen LogP contribution in [-0.4, -0.2) is 35.0 Å². The number of carbonyl (C=O) groups excluding carboxylic acids is 2. The number of nitrogens with zero attached hydrogens (tertiary/aromatic N) is 2. The van der Waals surface area contributed by atoms with Crippen LogP contribution in [0.3, 0.4) is 0 Å². The molecule has 1 aromatic heterocycles. The SMILES string of the molecule is C#[N+]c1cc(C2CC2)c(C(=O)N[C@H](Cc2cnc[nH]2)C(=O)OC)c(C2CC2)c1. The molecule has 1 aromatic carbocycles. The van der Waals surface area contributed by atoms with Crippen molar-refractivity contribution < 1.29 is 14.3 Å². The summed E-state index contributed by atoms with van der Waals surface area (Å²) in [5, 5.41) is 2.88. The zero-order valence-corrected chi connectivity index (χ0v) is 15.8. The molecule has 2 aliphatic rings. The zero-order chi connectivity index (χ0) is 19.7. The number of esters is 1. The minimum atomic E-state index is -0.795. The Balaban J connectivity index is 1.66. The molecule has 1 heterocycles. The molecule has 7 heteroatoms. The Labute approximate surface area is 163 Å². The van der Waals surface area contributed by atoms with Gasteiger partial charge in [0.25, 0.3) is 12.5 Å². The van der Waals surface area contributed by atoms with Crippen molar-refractivity contribution in [1.29, 1.82) is 0 Å². The number of rotatable bonds is 7. The summed E-state index contributed by atoms with van der Waals surface area (Å²) < 4.78 is 4.89. The number of amides is 1. The van der Waals surface area contributed by atoms with E-state index in [1.807, 2.05) is 12.1 Å². The number of H-pyrrole nitrogens is 1. The Morgan fingerprint density at radius 3 is 2.39 bits per heavy atom. The molecule has 0 radical (unpaired) electrons. The fourth-order valence-corrected chi connectivity index (χ4v) is 3.62. The van der Waals surface area contributed by atoms with Crippen molar-refractivity contribution in [2.45, 2.75) is 50.0 Å². The first-order valence-electron chi connectivity index (χ1n) is 9.55. The number of ether oxygens (including phenoxy) is 1. The van der Waals surface area contributed by atoms with Crippen LogP contribution >= 0.6 is 0 Å². The number of aromatic nitrogens is 2. The third-order valence-electron chi connectivity index (χ3n) is 5.36. The highest BCUT2D eigenvalue weighted by atomic mass is 16.5. The van der Waals surface area contributed by atoms with Crippen molar-refractivity contribution in [3.05, 3.63) is 51.9 Å². The number of hydrogen-bond acceptors (Lipinski definition) is 4. The van der Waals surface area contributed by atoms with Gasteiger partial charge in [0.1, 0.15) is 6.04 Å². The first kappa shape index (κ1) is 18.2. The third kappa shape index (κ3) is 3.77. The first-order chi connectivity index (χ1) is 13.6. The van der Waals surface area contributed by atoms with Gasteiger partial charge < -0.3 is 15.0 Å². The molecule has 0 saturated heterocycles. The fourth-order valence-electron chi connectivity index (χ4n) is 3.62. The molecular formula is C21H23N4O3+. The molecule has 2 saturated carbocycles. The Kier molecular flexibility index (Phi) is 4.86. The van der Waals surface area contributed by atoms with Gasteiger partial charge in [0.05, 0.1) is 13.4 Å². The molecule has 0 spiro atoms. The van der Waals surface area contributed by atoms with E-state index in [4.69, 9.17) is 11.3 Å². The van der Waals surface area contributed by atoms with Gasteiger partial charge in [0, 0.05) is 36.0 Å². The molecule has 0 bridgehead atoms. The van der Waals surface area contributed by atoms with E-state index in [9.17, 15) is 9.59 Å². The largest absolute Gasteiger partial charge is 0.467 e. The Morgan fingerprint density at radius 2 is 1.93 bits per heavy atom. The van der Waals surface area contributed by atoms with E-state index in [0.717, 1.165) is 42.5 Å². The maximum absolute atomic E-state index is 13.3. The van der Waals surface area contributed by atoms with Crippen molar-refractivity contribution in [3.63, 3.8) is 0 Å². The standard InChI is InChI=1S/C21H22N4O3/c1-22-14-7-16(12-3-4-12)19(17(8-14)13-5-6-13)20(26)25-18(21(27)28-2)9-15-10-23-11-24-15/h1,7-8,10-13,18H,3-6,9H2,2H3,(H-,23,24,25,26)/p+1/t18-/m1/s1. The summed E-state index contributed by atoms with van der Waals surface area (Å²) in [4.78, 5) is 36.3. The van der Waals surface area contributed by atoms with Gasteiger partial charge in [-0.2, -0.15) is 0 Å². The highest BCUT2D eigenvalue weighted by Crippen LogP contribution is 2.49. The van der Waals surface area contributed by atoms with Crippen LogP contribution in [0.5, 0.6) is 0 Å². The lowest BCUT2D eigenvalue weighted by Gasteiger charge is -2.19. The number of hydrogen-bond donors (Lipinski definition) is 2. The maximum atomic E-state index is 13.3. The molecule has 7 nitrogen and oxygen atoms in total. The van der Waals surface area contributed by atoms with E-state index in [1.54, 1.807) is 6.20 Å². The van der Waals surface area contributed by atoms with E-state index < -0.39 is 12.0 Å². The molecule has 2 fully saturated rings. The minimum Gasteiger partial charge on any atom is -0.467 e. The fraction of sp³-hybridized carbons (Fsp3) is 0.429. The molecule has 0 aliphatic heterocycles. The van der Waals surface area contributed by atoms with Gasteiger partial charge in [0.15, 0.2) is 0 Å². The number of benzene rings is 1. The lowest BCUT2D eigenvalue weighted by Crippen LogP contribution is -2.43. The van der Waals surface area contributed by atoms with Crippen LogP contribution in [0.4, 0.5) is 5.69 Å². The predicted octanol–water partition coefficient (Wildman–Crippen LogP) is 3.27. The number of carbonyl (C=O) groups is 2. The highest BCUT2D eigenvalue weighted by molar-refractivity contribution is 6.00. The van der Waals surface area contributed by atoms with Crippen LogP contribution in [-0.2, 0) is 16.0 Å². The van der Waals surface area contributed by atoms with Crippen molar-refractivity contribution in [2.75, 3.05) is 7.11 Å². The molecule has 0 unspecified atom stereocenters. The van der Waals surface area contributed by atoms with Crippen molar-refractivity contribution in [1.82, 2.24) is 15.3 Å². The van der Waals surface area contributed by atoms with Gasteiger partial charge in [-0.3, -0.25) is 4.79 Å². The summed E-state index contributed by atoms with van der Waals surface area (Å²) in [6, 6.07) is 3.01. The van der Waals surface area contributed by atoms with E-state index >= 15 is 0 Å². The highest BCUT2D eigenvalue weighted by Gasteiger charge is 2.37. The Bertz CT molecular complexity index is 904. The molecule has 2 aliphatic carbocycles. The van der Waals surface area contributed by atoms with Crippen LogP contribution in [0.25, 0.3) is 4.85 Å². The van der Waals surface area contributed by atoms with Crippen LogP contribution in [0.15, 0.2) is 24.7 Å². The van der Waals surface area contributed by atoms with Crippen LogP contribution in [0.2, 0.25) is 0 Å². The van der Waals surface area contributed by atoms with E-state index in [2.05, 4.69) is 20.1 Å². The molecule has 4 rings (SSSR count). The monoisotopic (exact) mass is 379 g/mol. The Morgan fingerprint density at radius 1 is 1.29 bits per heavy atom. The summed E-state index contributed by atoms with van der Waals surface area (Å²) in [5.74, 6) is -0.0342. The minimum absolute atomic E-state index is 0.248. The van der Waals surface area contributed by atoms with Crippen LogP contribution in [0, 0.1) is 6.57 Å². The zero-order valence-electron chi connectivity index (χ0n) is 15.8. The topological polar surface area (TPSA) is 88.4 Å². The summed E-state index contributed by atoms with van der Waals surface area (Å²) in [6.45, 7) is 5.52. The second kappa shape index (κ2) is 7.47. The van der Waals surface area contributed by atoms with E-state index in [-0.39, 0.29) is 12.3 Å². The maximum Gasteiger partial charge on any atom is 0.340 e.